The van der Waals surface area contributed by atoms with Crippen molar-refractivity contribution in [1.82, 2.24) is 34.2 Å². The van der Waals surface area contributed by atoms with Gasteiger partial charge in [-0.3, -0.25) is 19.4 Å². The van der Waals surface area contributed by atoms with Crippen molar-refractivity contribution in [3.63, 3.8) is 0 Å². The van der Waals surface area contributed by atoms with Crippen LogP contribution in [0.5, 0.6) is 0 Å². The molecule has 4 heterocycles. The Balaban J connectivity index is 1.58. The van der Waals surface area contributed by atoms with Gasteiger partial charge in [-0.1, -0.05) is 0 Å². The summed E-state index contributed by atoms with van der Waals surface area (Å²) < 4.78 is 3.09. The summed E-state index contributed by atoms with van der Waals surface area (Å²) >= 11 is 0. The molecule has 3 aromatic heterocycles. The van der Waals surface area contributed by atoms with E-state index in [0.29, 0.717) is 17.5 Å². The molecule has 3 aromatic rings. The first-order chi connectivity index (χ1) is 12.6. The Bertz CT molecular complexity index is 918. The number of aromatic nitrogens is 6. The molecule has 0 aliphatic carbocycles. The molecular formula is C17H22N8O. The van der Waals surface area contributed by atoms with Crippen molar-refractivity contribution < 1.29 is 0 Å². The van der Waals surface area contributed by atoms with Crippen molar-refractivity contribution >= 4 is 5.82 Å². The van der Waals surface area contributed by atoms with Gasteiger partial charge in [0.15, 0.2) is 5.82 Å². The smallest absolute Gasteiger partial charge is 0.296 e. The van der Waals surface area contributed by atoms with Gasteiger partial charge in [-0.05, 0) is 13.8 Å². The van der Waals surface area contributed by atoms with Crippen LogP contribution in [0.25, 0.3) is 11.5 Å². The molecule has 4 rings (SSSR count). The van der Waals surface area contributed by atoms with E-state index in [4.69, 9.17) is 0 Å². The number of nitrogens with zero attached hydrogens (tertiary/aromatic N) is 7. The van der Waals surface area contributed by atoms with E-state index in [2.05, 4.69) is 43.7 Å². The fourth-order valence-corrected chi connectivity index (χ4v) is 3.22. The molecule has 9 nitrogen and oxygen atoms in total. The summed E-state index contributed by atoms with van der Waals surface area (Å²) in [6.07, 6.45) is 8.11. The van der Waals surface area contributed by atoms with Gasteiger partial charge >= 0.3 is 0 Å². The maximum Gasteiger partial charge on any atom is 0.296 e. The van der Waals surface area contributed by atoms with Gasteiger partial charge in [0, 0.05) is 56.9 Å². The predicted octanol–water partition coefficient (Wildman–Crippen LogP) is 0.672. The summed E-state index contributed by atoms with van der Waals surface area (Å²) in [5, 5.41) is 2.97. The highest BCUT2D eigenvalue weighted by atomic mass is 16.1. The highest BCUT2D eigenvalue weighted by Gasteiger charge is 2.20. The summed E-state index contributed by atoms with van der Waals surface area (Å²) in [5.41, 5.74) is 0.311. The van der Waals surface area contributed by atoms with E-state index in [1.54, 1.807) is 29.5 Å². The number of H-pyrrole nitrogens is 1. The van der Waals surface area contributed by atoms with Crippen LogP contribution in [0.3, 0.4) is 0 Å². The number of hydrogen-bond acceptors (Lipinski definition) is 6. The lowest BCUT2D eigenvalue weighted by Gasteiger charge is -2.37. The van der Waals surface area contributed by atoms with Crippen LogP contribution >= 0.6 is 0 Å². The van der Waals surface area contributed by atoms with Gasteiger partial charge in [-0.15, -0.1) is 0 Å². The molecule has 0 bridgehead atoms. The number of imidazole rings is 1. The molecule has 0 unspecified atom stereocenters. The zero-order valence-corrected chi connectivity index (χ0v) is 14.9. The standard InChI is InChI=1S/C17H22N8O/c1-13(2)22-5-7-23(8-6-22)15-9-16(20-11-19-15)25-17(26)14(10-21-25)24-4-3-18-12-24/h3-4,9-13,21H,5-8H2,1-2H3. The van der Waals surface area contributed by atoms with Crippen LogP contribution < -0.4 is 10.5 Å². The molecule has 1 aliphatic rings. The van der Waals surface area contributed by atoms with E-state index in [0.717, 1.165) is 32.0 Å². The van der Waals surface area contributed by atoms with Crippen LogP contribution in [0.2, 0.25) is 0 Å². The highest BCUT2D eigenvalue weighted by molar-refractivity contribution is 5.44. The Hall–Kier alpha value is -2.94. The number of hydrogen-bond donors (Lipinski definition) is 1. The van der Waals surface area contributed by atoms with Gasteiger partial charge in [0.05, 0.1) is 6.33 Å². The monoisotopic (exact) mass is 354 g/mol. The molecule has 0 saturated carbocycles. The summed E-state index contributed by atoms with van der Waals surface area (Å²) in [6, 6.07) is 2.40. The zero-order chi connectivity index (χ0) is 18.1. The molecule has 9 heteroatoms. The molecule has 0 spiro atoms. The van der Waals surface area contributed by atoms with Crippen LogP contribution in [0, 0.1) is 0 Å². The third-order valence-corrected chi connectivity index (χ3v) is 4.77. The van der Waals surface area contributed by atoms with E-state index in [9.17, 15) is 4.79 Å². The number of aromatic amines is 1. The summed E-state index contributed by atoms with van der Waals surface area (Å²) in [5.74, 6) is 1.36. The van der Waals surface area contributed by atoms with E-state index in [-0.39, 0.29) is 5.56 Å². The largest absolute Gasteiger partial charge is 0.354 e. The molecular weight excluding hydrogens is 332 g/mol. The molecule has 1 fully saturated rings. The van der Waals surface area contributed by atoms with Crippen molar-refractivity contribution in [1.29, 1.82) is 0 Å². The topological polar surface area (TPSA) is 87.9 Å². The quantitative estimate of drug-likeness (QED) is 0.741. The second kappa shape index (κ2) is 6.75. The van der Waals surface area contributed by atoms with Crippen LogP contribution in [-0.2, 0) is 0 Å². The Labute approximate surface area is 150 Å². The average molecular weight is 354 g/mol. The molecule has 136 valence electrons. The SMILES string of the molecule is CC(C)N1CCN(c2cc(-n3[nH]cc(-n4ccnc4)c3=O)ncn2)CC1. The minimum absolute atomic E-state index is 0.183. The van der Waals surface area contributed by atoms with Crippen LogP contribution in [-0.4, -0.2) is 66.4 Å². The van der Waals surface area contributed by atoms with Crippen molar-refractivity contribution in [3.05, 3.63) is 47.7 Å². The van der Waals surface area contributed by atoms with Crippen LogP contribution in [0.1, 0.15) is 13.8 Å². The Morgan fingerprint density at radius 3 is 2.58 bits per heavy atom. The summed E-state index contributed by atoms with van der Waals surface area (Å²) in [4.78, 5) is 30.0. The minimum atomic E-state index is -0.183. The number of nitrogens with one attached hydrogen (secondary N) is 1. The van der Waals surface area contributed by atoms with Gasteiger partial charge in [0.1, 0.15) is 17.8 Å². The maximum absolute atomic E-state index is 12.7. The first-order valence-corrected chi connectivity index (χ1v) is 8.73. The minimum Gasteiger partial charge on any atom is -0.354 e. The third kappa shape index (κ3) is 3.01. The van der Waals surface area contributed by atoms with Crippen molar-refractivity contribution in [2.24, 2.45) is 0 Å². The predicted molar refractivity (Wildman–Crippen MR) is 98.0 cm³/mol. The lowest BCUT2D eigenvalue weighted by molar-refractivity contribution is 0.209. The van der Waals surface area contributed by atoms with Gasteiger partial charge in [-0.2, -0.15) is 4.68 Å². The molecule has 1 saturated heterocycles. The first kappa shape index (κ1) is 16.5. The zero-order valence-electron chi connectivity index (χ0n) is 14.9. The number of piperazine rings is 1. The Morgan fingerprint density at radius 1 is 1.12 bits per heavy atom. The molecule has 0 aromatic carbocycles. The van der Waals surface area contributed by atoms with Crippen molar-refractivity contribution in [2.75, 3.05) is 31.1 Å². The summed E-state index contributed by atoms with van der Waals surface area (Å²) in [6.45, 7) is 8.26. The van der Waals surface area contributed by atoms with Crippen LogP contribution in [0.4, 0.5) is 5.82 Å². The Kier molecular flexibility index (Phi) is 4.29. The second-order valence-electron chi connectivity index (χ2n) is 6.62. The lowest BCUT2D eigenvalue weighted by Crippen LogP contribution is -2.49. The molecule has 1 aliphatic heterocycles. The fraction of sp³-hybridized carbons (Fsp3) is 0.412. The molecule has 0 amide bonds. The fourth-order valence-electron chi connectivity index (χ4n) is 3.22. The lowest BCUT2D eigenvalue weighted by atomic mass is 10.2. The van der Waals surface area contributed by atoms with E-state index in [1.807, 2.05) is 6.07 Å². The summed E-state index contributed by atoms with van der Waals surface area (Å²) in [7, 11) is 0. The van der Waals surface area contributed by atoms with Gasteiger partial charge in [0.25, 0.3) is 5.56 Å². The normalized spacial score (nSPS) is 15.7. The maximum atomic E-state index is 12.7. The second-order valence-corrected chi connectivity index (χ2v) is 6.62. The molecule has 1 N–H and O–H groups in total. The number of rotatable bonds is 4. The van der Waals surface area contributed by atoms with Crippen LogP contribution in [0.15, 0.2) is 42.1 Å². The van der Waals surface area contributed by atoms with E-state index >= 15 is 0 Å². The molecule has 0 radical (unpaired) electrons. The Morgan fingerprint density at radius 2 is 1.88 bits per heavy atom. The third-order valence-electron chi connectivity index (χ3n) is 4.77. The van der Waals surface area contributed by atoms with Gasteiger partial charge in [0.2, 0.25) is 0 Å². The molecule has 0 atom stereocenters. The first-order valence-electron chi connectivity index (χ1n) is 8.73. The van der Waals surface area contributed by atoms with E-state index < -0.39 is 0 Å². The average Bonchev–Trinajstić information content (AvgIpc) is 3.31. The van der Waals surface area contributed by atoms with E-state index in [1.165, 1.54) is 11.0 Å². The highest BCUT2D eigenvalue weighted by Crippen LogP contribution is 2.16. The van der Waals surface area contributed by atoms with Gasteiger partial charge < -0.3 is 4.90 Å². The molecule has 26 heavy (non-hydrogen) atoms. The van der Waals surface area contributed by atoms with Crippen molar-refractivity contribution in [2.45, 2.75) is 19.9 Å². The number of anilines is 1. The van der Waals surface area contributed by atoms with Crippen molar-refractivity contribution in [3.8, 4) is 11.5 Å². The van der Waals surface area contributed by atoms with Gasteiger partial charge in [-0.25, -0.2) is 15.0 Å².